The fraction of sp³-hybridized carbons (Fsp3) is 0.656. The van der Waals surface area contributed by atoms with Crippen LogP contribution >= 0.6 is 46.5 Å². The van der Waals surface area contributed by atoms with Gasteiger partial charge in [-0.1, -0.05) is 240 Å². The smallest absolute Gasteiger partial charge is 0.250 e. The summed E-state index contributed by atoms with van der Waals surface area (Å²) in [6.45, 7) is 61.9. The van der Waals surface area contributed by atoms with Crippen LogP contribution in [0.2, 0.25) is 0 Å². The molecule has 11 aromatic rings. The molecule has 0 aromatic carbocycles. The molecule has 540 valence electrons. The molecule has 0 radical (unpaired) electrons. The molecule has 0 saturated heterocycles. The molecule has 11 heterocycles. The van der Waals surface area contributed by atoms with Crippen LogP contribution in [0.1, 0.15) is 247 Å². The number of nitrogens with one attached hydrogen (secondary N) is 1. The Hall–Kier alpha value is -7.85. The molecule has 0 atom stereocenters. The van der Waals surface area contributed by atoms with Crippen molar-refractivity contribution in [3.63, 3.8) is 0 Å². The van der Waals surface area contributed by atoms with Gasteiger partial charge in [0, 0.05) is 52.3 Å². The van der Waals surface area contributed by atoms with Crippen molar-refractivity contribution in [1.29, 1.82) is 0 Å². The molecule has 1 N–H and O–H groups in total. The van der Waals surface area contributed by atoms with E-state index < -0.39 is 0 Å². The first kappa shape index (κ1) is 101. The van der Waals surface area contributed by atoms with Gasteiger partial charge < -0.3 is 18.0 Å². The van der Waals surface area contributed by atoms with E-state index in [2.05, 4.69) is 320 Å². The highest BCUT2D eigenvalue weighted by atomic mass is 32.1. The molecule has 0 aliphatic carbocycles. The molecule has 0 aliphatic heterocycles. The van der Waals surface area contributed by atoms with E-state index in [-0.39, 0.29) is 5.92 Å². The predicted octanol–water partition coefficient (Wildman–Crippen LogP) is 17.9. The summed E-state index contributed by atoms with van der Waals surface area (Å²) in [7, 11) is 0. The molecule has 0 amide bonds. The predicted molar refractivity (Wildman–Crippen MR) is 380 cm³/mol. The molecule has 0 aliphatic rings. The number of hydrogen-bond donors (Lipinski definition) is 1. The fourth-order valence-corrected chi connectivity index (χ4v) is 4.10. The number of oxazole rings is 1. The summed E-state index contributed by atoms with van der Waals surface area (Å²) in [5, 5.41) is 59.4. The average Bonchev–Trinajstić information content (AvgIpc) is 2.88. The van der Waals surface area contributed by atoms with Crippen molar-refractivity contribution in [2.75, 3.05) is 0 Å². The van der Waals surface area contributed by atoms with Gasteiger partial charge in [-0.2, -0.15) is 18.2 Å². The second-order valence-corrected chi connectivity index (χ2v) is 26.6. The van der Waals surface area contributed by atoms with Gasteiger partial charge in [0.2, 0.25) is 0 Å². The van der Waals surface area contributed by atoms with Gasteiger partial charge in [0.15, 0.2) is 19.0 Å². The van der Waals surface area contributed by atoms with Gasteiger partial charge in [-0.05, 0) is 86.6 Å². The van der Waals surface area contributed by atoms with Crippen LogP contribution in [0.4, 0.5) is 0 Å². The molecule has 11 aromatic heterocycles. The van der Waals surface area contributed by atoms with E-state index in [1.54, 1.807) is 43.2 Å². The van der Waals surface area contributed by atoms with E-state index in [9.17, 15) is 0 Å². The van der Waals surface area contributed by atoms with Crippen molar-refractivity contribution >= 4 is 46.5 Å². The summed E-state index contributed by atoms with van der Waals surface area (Å²) in [4.78, 5) is 3.56. The minimum Gasteiger partial charge on any atom is -0.452 e. The zero-order valence-corrected chi connectivity index (χ0v) is 65.3. The summed E-state index contributed by atoms with van der Waals surface area (Å²) in [6, 6.07) is 3.56. The summed E-state index contributed by atoms with van der Waals surface area (Å²) in [5.74, 6) is 8.11. The van der Waals surface area contributed by atoms with Crippen LogP contribution < -0.4 is 0 Å². The Morgan fingerprint density at radius 2 is 1.04 bits per heavy atom. The van der Waals surface area contributed by atoms with E-state index in [1.165, 1.54) is 78.8 Å². The van der Waals surface area contributed by atoms with Crippen molar-refractivity contribution in [1.82, 2.24) is 119 Å². The Kier molecular flexibility index (Phi) is 85.2. The van der Waals surface area contributed by atoms with Crippen molar-refractivity contribution in [2.45, 2.75) is 224 Å². The molecule has 0 fully saturated rings. The molecular formula is C61H116N24O6S4. The standard InChI is InChI=1S/C5H8N2O.C5H8N2S.C4H7N3O.C4H7N3S.7C4H10.C3H4N2.2C3H3NO.C2H2N2O.C2H2N2S.CHN3O.CHN3S/c2*1-4(2)5-3-6-8-7-5;2*1-3(2)4-5-6-7-8-4;7*1-4(2)3;1-2-4-5-3-1;1-2-5-3-4-1;1-2-4-5-3-1;2*1-2-5-4-3-1;2*1-2-4-5-3-1/h2*3-4H,1-2H3;2*3H,1-2H3;7*4H,1-3H3;1-3H,(H,4,5);2*1-3H;2*1-2H;2*1H. The first-order chi connectivity index (χ1) is 44.8. The lowest BCUT2D eigenvalue weighted by molar-refractivity contribution is 0.292. The molecule has 11 rings (SSSR count). The third-order valence-corrected chi connectivity index (χ3v) is 7.86. The molecule has 95 heavy (non-hydrogen) atoms. The van der Waals surface area contributed by atoms with Crippen molar-refractivity contribution < 1.29 is 27.2 Å². The molecule has 0 bridgehead atoms. The van der Waals surface area contributed by atoms with Crippen LogP contribution in [-0.4, -0.2) is 119 Å². The number of nitrogens with zero attached hydrogens (tertiary/aromatic N) is 23. The minimum absolute atomic E-state index is 0.282. The monoisotopic (exact) mass is 1410 g/mol. The van der Waals surface area contributed by atoms with E-state index in [1.807, 2.05) is 45.3 Å². The number of aromatic amines is 1. The van der Waals surface area contributed by atoms with Crippen LogP contribution in [-0.2, 0) is 0 Å². The topological polar surface area (TPSA) is 391 Å². The lowest BCUT2D eigenvalue weighted by Crippen LogP contribution is -1.85. The van der Waals surface area contributed by atoms with Gasteiger partial charge >= 0.3 is 0 Å². The Morgan fingerprint density at radius 1 is 0.432 bits per heavy atom. The van der Waals surface area contributed by atoms with Gasteiger partial charge in [0.05, 0.1) is 76.9 Å². The quantitative estimate of drug-likeness (QED) is 0.171. The summed E-state index contributed by atoms with van der Waals surface area (Å²) in [6.07, 6.45) is 21.6. The largest absolute Gasteiger partial charge is 0.452 e. The number of aromatic nitrogens is 24. The second-order valence-electron chi connectivity index (χ2n) is 24.1. The molecule has 30 nitrogen and oxygen atoms in total. The van der Waals surface area contributed by atoms with E-state index in [0.717, 1.165) is 69.5 Å². The van der Waals surface area contributed by atoms with Crippen molar-refractivity contribution in [3.05, 3.63) is 127 Å². The number of hydrogen-bond acceptors (Lipinski definition) is 33. The molecular weight excluding hydrogens is 1290 g/mol. The van der Waals surface area contributed by atoms with Gasteiger partial charge in [-0.25, -0.2) is 14.2 Å². The number of H-pyrrole nitrogens is 1. The highest BCUT2D eigenvalue weighted by Crippen LogP contribution is 2.12. The number of rotatable bonds is 4. The van der Waals surface area contributed by atoms with Crippen LogP contribution in [0.3, 0.4) is 0 Å². The maximum absolute atomic E-state index is 4.62. The summed E-state index contributed by atoms with van der Waals surface area (Å²) >= 11 is 5.08. The second kappa shape index (κ2) is 80.4. The first-order valence-corrected chi connectivity index (χ1v) is 33.9. The normalized spacial score (nSPS) is 9.09. The Morgan fingerprint density at radius 3 is 1.20 bits per heavy atom. The van der Waals surface area contributed by atoms with Gasteiger partial charge in [0.1, 0.15) is 29.5 Å². The van der Waals surface area contributed by atoms with Crippen LogP contribution in [0.5, 0.6) is 0 Å². The third kappa shape index (κ3) is 121. The van der Waals surface area contributed by atoms with Gasteiger partial charge in [-0.3, -0.25) is 5.10 Å². The van der Waals surface area contributed by atoms with Gasteiger partial charge in [-0.15, -0.1) is 20.4 Å². The van der Waals surface area contributed by atoms with Gasteiger partial charge in [0.25, 0.3) is 5.89 Å². The SMILES string of the molecule is CC(C)C.CC(C)C.CC(C)C.CC(C)C.CC(C)C.CC(C)C.CC(C)C.CC(C)c1cnon1.CC(C)c1cnsn1.CC(C)c1nnno1.CC(C)c1nnns1.c1cn[nH]c1.c1cnoc1.c1cocn1.c1conn1.c1csnn1.c1nnon1.c1nnsn1. The van der Waals surface area contributed by atoms with Crippen LogP contribution in [0.25, 0.3) is 0 Å². The lowest BCUT2D eigenvalue weighted by atomic mass is 10.2. The van der Waals surface area contributed by atoms with Crippen molar-refractivity contribution in [2.24, 2.45) is 41.4 Å². The average molecular weight is 1410 g/mol. The molecule has 34 heteroatoms. The van der Waals surface area contributed by atoms with Crippen LogP contribution in [0.15, 0.2) is 132 Å². The maximum atomic E-state index is 4.62. The summed E-state index contributed by atoms with van der Waals surface area (Å²) < 4.78 is 48.0. The Labute approximate surface area is 583 Å². The highest BCUT2D eigenvalue weighted by Gasteiger charge is 2.04. The minimum atomic E-state index is 0.282. The maximum Gasteiger partial charge on any atom is 0.250 e. The Bertz CT molecular complexity index is 2090. The van der Waals surface area contributed by atoms with E-state index in [4.69, 9.17) is 0 Å². The zero-order valence-electron chi connectivity index (χ0n) is 62.0. The molecule has 0 saturated carbocycles. The first-order valence-electron chi connectivity index (χ1n) is 30.9. The van der Waals surface area contributed by atoms with Crippen LogP contribution in [0, 0.1) is 41.4 Å². The zero-order chi connectivity index (χ0) is 73.7. The third-order valence-electron chi connectivity index (χ3n) is 5.68. The van der Waals surface area contributed by atoms with E-state index >= 15 is 0 Å². The highest BCUT2D eigenvalue weighted by molar-refractivity contribution is 7.05. The summed E-state index contributed by atoms with van der Waals surface area (Å²) in [5.41, 5.74) is 2.00. The van der Waals surface area contributed by atoms with E-state index in [0.29, 0.717) is 23.6 Å². The fourth-order valence-electron chi connectivity index (χ4n) is 2.63. The lowest BCUT2D eigenvalue weighted by Gasteiger charge is -1.92. The van der Waals surface area contributed by atoms with Crippen molar-refractivity contribution in [3.8, 4) is 0 Å². The molecule has 0 spiro atoms. The Balaban J connectivity index is -0.000000174. The molecule has 0 unspecified atom stereocenters.